The Balaban J connectivity index is 1.57. The van der Waals surface area contributed by atoms with Gasteiger partial charge in [-0.2, -0.15) is 0 Å². The summed E-state index contributed by atoms with van der Waals surface area (Å²) in [6, 6.07) is 26.5. The molecule has 0 bridgehead atoms. The second-order valence-electron chi connectivity index (χ2n) is 7.93. The van der Waals surface area contributed by atoms with Gasteiger partial charge in [-0.05, 0) is 47.9 Å². The lowest BCUT2D eigenvalue weighted by molar-refractivity contribution is 0.0720. The Bertz CT molecular complexity index is 991. The molecule has 160 valence electrons. The van der Waals surface area contributed by atoms with Crippen LogP contribution in [0.2, 0.25) is 0 Å². The molecule has 4 rings (SSSR count). The first-order chi connectivity index (χ1) is 15.2. The Morgan fingerprint density at radius 3 is 2.42 bits per heavy atom. The predicted molar refractivity (Wildman–Crippen MR) is 130 cm³/mol. The van der Waals surface area contributed by atoms with Gasteiger partial charge in [0, 0.05) is 55.0 Å². The van der Waals surface area contributed by atoms with E-state index >= 15 is 0 Å². The van der Waals surface area contributed by atoms with Crippen molar-refractivity contribution >= 4 is 27.5 Å². The highest BCUT2D eigenvalue weighted by atomic mass is 79.9. The Kier molecular flexibility index (Phi) is 7.39. The van der Waals surface area contributed by atoms with E-state index in [0.717, 1.165) is 53.9 Å². The number of benzene rings is 3. The number of nitrogens with one attached hydrogen (secondary N) is 1. The summed E-state index contributed by atoms with van der Waals surface area (Å²) in [4.78, 5) is 17.8. The first-order valence-electron chi connectivity index (χ1n) is 10.8. The summed E-state index contributed by atoms with van der Waals surface area (Å²) in [5, 5.41) is 3.58. The number of carbonyl (C=O) groups is 1. The highest BCUT2D eigenvalue weighted by Gasteiger charge is 2.20. The number of anilines is 1. The lowest BCUT2D eigenvalue weighted by Crippen LogP contribution is -2.38. The van der Waals surface area contributed by atoms with Crippen molar-refractivity contribution in [2.75, 3.05) is 31.5 Å². The van der Waals surface area contributed by atoms with Crippen LogP contribution in [-0.2, 0) is 13.1 Å². The molecule has 1 N–H and O–H groups in total. The van der Waals surface area contributed by atoms with Gasteiger partial charge in [0.1, 0.15) is 0 Å². The zero-order valence-electron chi connectivity index (χ0n) is 17.6. The molecule has 1 aliphatic heterocycles. The number of rotatable bonds is 3. The van der Waals surface area contributed by atoms with Crippen molar-refractivity contribution < 1.29 is 4.79 Å². The van der Waals surface area contributed by atoms with Gasteiger partial charge in [0.2, 0.25) is 0 Å². The van der Waals surface area contributed by atoms with Gasteiger partial charge in [-0.3, -0.25) is 9.69 Å². The lowest BCUT2D eigenvalue weighted by atomic mass is 10.1. The Hall–Kier alpha value is -2.63. The van der Waals surface area contributed by atoms with E-state index < -0.39 is 0 Å². The number of halogens is 1. The fraction of sp³-hybridized carbons (Fsp3) is 0.269. The van der Waals surface area contributed by atoms with Gasteiger partial charge in [0.05, 0.1) is 0 Å². The van der Waals surface area contributed by atoms with E-state index in [1.807, 2.05) is 41.3 Å². The first kappa shape index (κ1) is 21.6. The second kappa shape index (κ2) is 10.6. The number of hydrogen-bond acceptors (Lipinski definition) is 3. The fourth-order valence-corrected chi connectivity index (χ4v) is 4.23. The molecule has 5 heteroatoms. The molecule has 0 atom stereocenters. The summed E-state index contributed by atoms with van der Waals surface area (Å²) in [5.41, 5.74) is 4.30. The van der Waals surface area contributed by atoms with Crippen molar-refractivity contribution in [1.29, 1.82) is 0 Å². The molecular formula is C26H28BrN3O. The summed E-state index contributed by atoms with van der Waals surface area (Å²) < 4.78 is 0.977. The highest BCUT2D eigenvalue weighted by molar-refractivity contribution is 9.10. The van der Waals surface area contributed by atoms with Gasteiger partial charge in [0.25, 0.3) is 5.91 Å². The van der Waals surface area contributed by atoms with Crippen LogP contribution in [0.4, 0.5) is 5.69 Å². The first-order valence-corrected chi connectivity index (χ1v) is 11.6. The SMILES string of the molecule is O=C(c1ccc(Br)cc1)N1CCN(Cc2ccccc2)CCCNc2ccccc2C1. The Labute approximate surface area is 193 Å². The monoisotopic (exact) mass is 477 g/mol. The van der Waals surface area contributed by atoms with Crippen LogP contribution in [0.15, 0.2) is 83.3 Å². The molecule has 3 aromatic rings. The number of amides is 1. The minimum absolute atomic E-state index is 0.0706. The van der Waals surface area contributed by atoms with Crippen LogP contribution in [0.25, 0.3) is 0 Å². The summed E-state index contributed by atoms with van der Waals surface area (Å²) in [6.07, 6.45) is 1.06. The zero-order chi connectivity index (χ0) is 21.5. The molecular weight excluding hydrogens is 450 g/mol. The maximum atomic E-state index is 13.4. The van der Waals surface area contributed by atoms with Gasteiger partial charge in [-0.25, -0.2) is 0 Å². The topological polar surface area (TPSA) is 35.6 Å². The van der Waals surface area contributed by atoms with Crippen LogP contribution < -0.4 is 5.32 Å². The maximum Gasteiger partial charge on any atom is 0.254 e. The molecule has 0 unspecified atom stereocenters. The fourth-order valence-electron chi connectivity index (χ4n) is 3.96. The normalized spacial score (nSPS) is 15.5. The predicted octanol–water partition coefficient (Wildman–Crippen LogP) is 5.41. The molecule has 0 aliphatic carbocycles. The number of nitrogens with zero attached hydrogens (tertiary/aromatic N) is 2. The van der Waals surface area contributed by atoms with Crippen molar-refractivity contribution in [3.8, 4) is 0 Å². The van der Waals surface area contributed by atoms with Gasteiger partial charge >= 0.3 is 0 Å². The molecule has 1 heterocycles. The van der Waals surface area contributed by atoms with Crippen LogP contribution in [0.3, 0.4) is 0 Å². The van der Waals surface area contributed by atoms with Crippen LogP contribution in [0.5, 0.6) is 0 Å². The maximum absolute atomic E-state index is 13.4. The van der Waals surface area contributed by atoms with E-state index in [9.17, 15) is 4.79 Å². The summed E-state index contributed by atoms with van der Waals surface area (Å²) in [7, 11) is 0. The van der Waals surface area contributed by atoms with Crippen LogP contribution in [0.1, 0.15) is 27.9 Å². The van der Waals surface area contributed by atoms with E-state index in [1.54, 1.807) is 0 Å². The van der Waals surface area contributed by atoms with E-state index in [2.05, 4.69) is 68.6 Å². The van der Waals surface area contributed by atoms with Crippen molar-refractivity contribution in [3.63, 3.8) is 0 Å². The second-order valence-corrected chi connectivity index (χ2v) is 8.85. The van der Waals surface area contributed by atoms with Crippen molar-refractivity contribution in [2.24, 2.45) is 0 Å². The Morgan fingerprint density at radius 1 is 0.871 bits per heavy atom. The molecule has 0 saturated carbocycles. The van der Waals surface area contributed by atoms with Gasteiger partial charge in [-0.15, -0.1) is 0 Å². The van der Waals surface area contributed by atoms with Gasteiger partial charge in [-0.1, -0.05) is 64.5 Å². The standard InChI is InChI=1S/C26H28BrN3O/c27-24-13-11-22(12-14-24)26(31)30-18-17-29(19-21-7-2-1-3-8-21)16-6-15-28-25-10-5-4-9-23(25)20-30/h1-5,7-14,28H,6,15-20H2. The molecule has 0 spiro atoms. The molecule has 0 aromatic heterocycles. The van der Waals surface area contributed by atoms with Crippen molar-refractivity contribution in [2.45, 2.75) is 19.5 Å². The minimum Gasteiger partial charge on any atom is -0.385 e. The average molecular weight is 478 g/mol. The number of carbonyl (C=O) groups excluding carboxylic acids is 1. The number of fused-ring (bicyclic) bond motifs is 1. The van der Waals surface area contributed by atoms with E-state index in [4.69, 9.17) is 0 Å². The Morgan fingerprint density at radius 2 is 1.61 bits per heavy atom. The van der Waals surface area contributed by atoms with E-state index in [0.29, 0.717) is 13.1 Å². The van der Waals surface area contributed by atoms with Crippen LogP contribution in [-0.4, -0.2) is 41.9 Å². The summed E-state index contributed by atoms with van der Waals surface area (Å²) >= 11 is 3.46. The average Bonchev–Trinajstić information content (AvgIpc) is 2.84. The van der Waals surface area contributed by atoms with Gasteiger partial charge < -0.3 is 10.2 Å². The third-order valence-corrected chi connectivity index (χ3v) is 6.19. The van der Waals surface area contributed by atoms with Crippen LogP contribution >= 0.6 is 15.9 Å². The quantitative estimate of drug-likeness (QED) is 0.547. The third-order valence-electron chi connectivity index (χ3n) is 5.66. The van der Waals surface area contributed by atoms with Gasteiger partial charge in [0.15, 0.2) is 0 Å². The smallest absolute Gasteiger partial charge is 0.254 e. The summed E-state index contributed by atoms with van der Waals surface area (Å²) in [5.74, 6) is 0.0706. The van der Waals surface area contributed by atoms with Crippen LogP contribution in [0, 0.1) is 0 Å². The molecule has 0 fully saturated rings. The molecule has 3 aromatic carbocycles. The minimum atomic E-state index is 0.0706. The van der Waals surface area contributed by atoms with Crippen molar-refractivity contribution in [1.82, 2.24) is 9.80 Å². The molecule has 31 heavy (non-hydrogen) atoms. The number of hydrogen-bond donors (Lipinski definition) is 1. The van der Waals surface area contributed by atoms with E-state index in [-0.39, 0.29) is 5.91 Å². The molecule has 1 amide bonds. The zero-order valence-corrected chi connectivity index (χ0v) is 19.2. The number of para-hydroxylation sites is 1. The van der Waals surface area contributed by atoms with Crippen molar-refractivity contribution in [3.05, 3.63) is 100 Å². The van der Waals surface area contributed by atoms with E-state index in [1.165, 1.54) is 5.56 Å². The lowest BCUT2D eigenvalue weighted by Gasteiger charge is -2.28. The molecule has 0 saturated heterocycles. The largest absolute Gasteiger partial charge is 0.385 e. The highest BCUT2D eigenvalue weighted by Crippen LogP contribution is 2.20. The summed E-state index contributed by atoms with van der Waals surface area (Å²) in [6.45, 7) is 4.94. The molecule has 1 aliphatic rings. The molecule has 0 radical (unpaired) electrons. The third kappa shape index (κ3) is 5.96. The molecule has 4 nitrogen and oxygen atoms in total.